The molecule has 3 atom stereocenters. The molecule has 2 aliphatic heterocycles. The normalized spacial score (nSPS) is 20.5. The van der Waals surface area contributed by atoms with Crippen LogP contribution in [0.1, 0.15) is 24.8 Å². The molecular weight excluding hydrogens is 571 g/mol. The first-order chi connectivity index (χ1) is 20.7. The molecule has 0 bridgehead atoms. The van der Waals surface area contributed by atoms with Crippen molar-refractivity contribution < 1.29 is 41.7 Å². The second-order valence-corrected chi connectivity index (χ2v) is 10.4. The van der Waals surface area contributed by atoms with E-state index in [-0.39, 0.29) is 49.3 Å². The zero-order valence-electron chi connectivity index (χ0n) is 23.5. The number of aromatic nitrogens is 3. The van der Waals surface area contributed by atoms with Gasteiger partial charge in [-0.15, -0.1) is 0 Å². The lowest BCUT2D eigenvalue weighted by molar-refractivity contribution is -0.138. The molecule has 2 aromatic heterocycles. The van der Waals surface area contributed by atoms with Gasteiger partial charge >= 0.3 is 6.18 Å². The van der Waals surface area contributed by atoms with E-state index in [9.17, 15) is 22.8 Å². The Morgan fingerprint density at radius 1 is 1.19 bits per heavy atom. The topological polar surface area (TPSA) is 117 Å². The summed E-state index contributed by atoms with van der Waals surface area (Å²) in [5.41, 5.74) is -0.341. The Morgan fingerprint density at radius 2 is 2.05 bits per heavy atom. The average Bonchev–Trinajstić information content (AvgIpc) is 3.65. The zero-order chi connectivity index (χ0) is 30.4. The number of alkyl halides is 3. The zero-order valence-corrected chi connectivity index (χ0v) is 23.5. The smallest absolute Gasteiger partial charge is 0.416 e. The largest absolute Gasteiger partial charge is 0.493 e. The van der Waals surface area contributed by atoms with Crippen molar-refractivity contribution >= 4 is 17.5 Å². The summed E-state index contributed by atoms with van der Waals surface area (Å²) in [5.74, 6) is 0.616. The van der Waals surface area contributed by atoms with Crippen molar-refractivity contribution in [2.24, 2.45) is 5.92 Å². The van der Waals surface area contributed by atoms with Crippen LogP contribution in [-0.4, -0.2) is 77.1 Å². The van der Waals surface area contributed by atoms with Gasteiger partial charge < -0.3 is 29.2 Å². The molecule has 4 heterocycles. The highest BCUT2D eigenvalue weighted by Crippen LogP contribution is 2.31. The molecule has 1 aromatic carbocycles. The molecule has 1 unspecified atom stereocenters. The Bertz CT molecular complexity index is 1420. The van der Waals surface area contributed by atoms with Gasteiger partial charge in [-0.3, -0.25) is 14.3 Å². The molecule has 5 rings (SSSR count). The summed E-state index contributed by atoms with van der Waals surface area (Å²) in [4.78, 5) is 31.5. The van der Waals surface area contributed by atoms with Crippen molar-refractivity contribution in [3.05, 3.63) is 60.6 Å². The van der Waals surface area contributed by atoms with Gasteiger partial charge in [-0.2, -0.15) is 18.3 Å². The van der Waals surface area contributed by atoms with Crippen LogP contribution in [-0.2, 0) is 27.0 Å². The summed E-state index contributed by atoms with van der Waals surface area (Å²) >= 11 is 0. The molecule has 230 valence electrons. The molecule has 3 aromatic rings. The highest BCUT2D eigenvalue weighted by Gasteiger charge is 2.33. The third kappa shape index (κ3) is 8.15. The van der Waals surface area contributed by atoms with Crippen molar-refractivity contribution in [1.29, 1.82) is 0 Å². The Morgan fingerprint density at radius 3 is 2.86 bits per heavy atom. The predicted octanol–water partition coefficient (Wildman–Crippen LogP) is 3.80. The first-order valence-corrected chi connectivity index (χ1v) is 13.9. The Hall–Kier alpha value is -4.33. The molecule has 2 amide bonds. The fourth-order valence-corrected chi connectivity index (χ4v) is 5.01. The fraction of sp³-hybridized carbons (Fsp3) is 0.448. The number of pyridine rings is 1. The third-order valence-electron chi connectivity index (χ3n) is 7.19. The number of halogens is 3. The van der Waals surface area contributed by atoms with Gasteiger partial charge in [0.15, 0.2) is 0 Å². The van der Waals surface area contributed by atoms with E-state index in [0.717, 1.165) is 25.0 Å². The highest BCUT2D eigenvalue weighted by molar-refractivity contribution is 5.94. The quantitative estimate of drug-likeness (QED) is 0.372. The molecular formula is C29H32F3N5O6. The van der Waals surface area contributed by atoms with E-state index < -0.39 is 17.8 Å². The van der Waals surface area contributed by atoms with Crippen LogP contribution in [0.25, 0.3) is 0 Å². The van der Waals surface area contributed by atoms with E-state index in [1.54, 1.807) is 29.4 Å². The maximum atomic E-state index is 13.0. The lowest BCUT2D eigenvalue weighted by atomic mass is 9.99. The number of nitrogens with zero attached hydrogens (tertiary/aromatic N) is 4. The molecule has 0 spiro atoms. The van der Waals surface area contributed by atoms with Crippen LogP contribution in [0.2, 0.25) is 0 Å². The number of amides is 2. The van der Waals surface area contributed by atoms with E-state index in [2.05, 4.69) is 15.4 Å². The number of benzene rings is 1. The van der Waals surface area contributed by atoms with Gasteiger partial charge in [-0.25, -0.2) is 4.98 Å². The Labute approximate surface area is 245 Å². The number of methoxy groups -OCH3 is 1. The van der Waals surface area contributed by atoms with E-state index in [1.165, 1.54) is 30.1 Å². The van der Waals surface area contributed by atoms with Gasteiger partial charge in [0.2, 0.25) is 11.8 Å². The summed E-state index contributed by atoms with van der Waals surface area (Å²) in [5, 5.41) is 6.96. The van der Waals surface area contributed by atoms with Gasteiger partial charge in [0, 0.05) is 43.9 Å². The van der Waals surface area contributed by atoms with Crippen LogP contribution < -0.4 is 19.5 Å². The van der Waals surface area contributed by atoms with E-state index in [0.29, 0.717) is 36.8 Å². The minimum Gasteiger partial charge on any atom is -0.493 e. The van der Waals surface area contributed by atoms with E-state index >= 15 is 0 Å². The Balaban J connectivity index is 1.06. The van der Waals surface area contributed by atoms with Gasteiger partial charge in [0.05, 0.1) is 37.8 Å². The number of hydrogen-bond acceptors (Lipinski definition) is 8. The van der Waals surface area contributed by atoms with Crippen LogP contribution in [0.5, 0.6) is 17.4 Å². The summed E-state index contributed by atoms with van der Waals surface area (Å²) in [6.07, 6.45) is 1.04. The summed E-state index contributed by atoms with van der Waals surface area (Å²) in [6.45, 7) is 1.42. The maximum absolute atomic E-state index is 13.0. The minimum absolute atomic E-state index is 0.0143. The van der Waals surface area contributed by atoms with E-state index in [4.69, 9.17) is 18.9 Å². The van der Waals surface area contributed by atoms with Gasteiger partial charge in [-0.1, -0.05) is 6.07 Å². The van der Waals surface area contributed by atoms with Crippen molar-refractivity contribution in [3.8, 4) is 17.4 Å². The number of anilines is 1. The number of ether oxygens (including phenoxy) is 4. The lowest BCUT2D eigenvalue weighted by Crippen LogP contribution is -2.43. The Kier molecular flexibility index (Phi) is 9.34. The minimum atomic E-state index is -4.44. The van der Waals surface area contributed by atoms with Crippen molar-refractivity contribution in [2.45, 2.75) is 44.2 Å². The lowest BCUT2D eigenvalue weighted by Gasteiger charge is -2.32. The number of piperidine rings is 1. The number of hydrogen-bond donors (Lipinski definition) is 1. The molecule has 0 saturated carbocycles. The standard InChI is InChI=1S/C29H32F3N5O6/c1-40-26-12-23(7-8-33-26)43-24-11-25(42-18-24)28(39)35-21-13-34-37(15-21)16-27(38)36-9-3-4-19(14-36)17-41-22-6-2-5-20(10-22)29(30,31)32/h2,5-8,10,12-13,15,19,24-25H,3-4,9,11,14,16-18H2,1H3,(H,35,39)/t19?,24-,25+/m1/s1. The number of likely N-dealkylation sites (tertiary alicyclic amines) is 1. The average molecular weight is 604 g/mol. The van der Waals surface area contributed by atoms with Crippen molar-refractivity contribution in [3.63, 3.8) is 0 Å². The van der Waals surface area contributed by atoms with Crippen LogP contribution in [0.4, 0.5) is 18.9 Å². The third-order valence-corrected chi connectivity index (χ3v) is 7.19. The number of carbonyl (C=O) groups excluding carboxylic acids is 2. The fourth-order valence-electron chi connectivity index (χ4n) is 5.01. The predicted molar refractivity (Wildman–Crippen MR) is 147 cm³/mol. The van der Waals surface area contributed by atoms with Crippen molar-refractivity contribution in [2.75, 3.05) is 38.7 Å². The number of carbonyl (C=O) groups is 2. The summed E-state index contributed by atoms with van der Waals surface area (Å²) < 4.78 is 62.6. The van der Waals surface area contributed by atoms with Crippen LogP contribution in [0.3, 0.4) is 0 Å². The molecule has 1 N–H and O–H groups in total. The monoisotopic (exact) mass is 603 g/mol. The van der Waals surface area contributed by atoms with Crippen LogP contribution in [0, 0.1) is 5.92 Å². The molecule has 0 radical (unpaired) electrons. The molecule has 43 heavy (non-hydrogen) atoms. The highest BCUT2D eigenvalue weighted by atomic mass is 19.4. The van der Waals surface area contributed by atoms with Crippen LogP contribution >= 0.6 is 0 Å². The number of nitrogens with one attached hydrogen (secondary N) is 1. The summed E-state index contributed by atoms with van der Waals surface area (Å²) in [6, 6.07) is 8.12. The maximum Gasteiger partial charge on any atom is 0.416 e. The van der Waals surface area contributed by atoms with E-state index in [1.807, 2.05) is 0 Å². The van der Waals surface area contributed by atoms with Crippen molar-refractivity contribution in [1.82, 2.24) is 19.7 Å². The second-order valence-electron chi connectivity index (χ2n) is 10.4. The molecule has 14 heteroatoms. The molecule has 0 aliphatic carbocycles. The molecule has 2 aliphatic rings. The van der Waals surface area contributed by atoms with Crippen LogP contribution in [0.15, 0.2) is 55.0 Å². The summed E-state index contributed by atoms with van der Waals surface area (Å²) in [7, 11) is 1.51. The SMILES string of the molecule is COc1cc(O[C@H]2CO[C@H](C(=O)Nc3cnn(CC(=O)N4CCCC(COc5cccc(C(F)(F)F)c5)C4)c3)C2)ccn1. The molecule has 11 nitrogen and oxygen atoms in total. The van der Waals surface area contributed by atoms with Gasteiger partial charge in [0.25, 0.3) is 5.91 Å². The first kappa shape index (κ1) is 30.1. The molecule has 2 saturated heterocycles. The van der Waals surface area contributed by atoms with Gasteiger partial charge in [-0.05, 0) is 37.1 Å². The van der Waals surface area contributed by atoms with Gasteiger partial charge in [0.1, 0.15) is 30.3 Å². The first-order valence-electron chi connectivity index (χ1n) is 13.9. The molecule has 2 fully saturated rings. The second kappa shape index (κ2) is 13.3. The number of rotatable bonds is 10.